The molecule has 2 rings (SSSR count). The van der Waals surface area contributed by atoms with Crippen LogP contribution in [0, 0.1) is 0 Å². The summed E-state index contributed by atoms with van der Waals surface area (Å²) in [5, 5.41) is 2.90. The number of nitrogens with one attached hydrogen (secondary N) is 1. The van der Waals surface area contributed by atoms with E-state index in [1.807, 2.05) is 29.2 Å². The molecule has 0 aliphatic carbocycles. The first kappa shape index (κ1) is 18.6. The lowest BCUT2D eigenvalue weighted by Gasteiger charge is -2.54. The Kier molecular flexibility index (Phi) is 5.43. The van der Waals surface area contributed by atoms with Crippen LogP contribution in [0.15, 0.2) is 24.3 Å². The van der Waals surface area contributed by atoms with E-state index >= 15 is 0 Å². The minimum atomic E-state index is -0.285. The summed E-state index contributed by atoms with van der Waals surface area (Å²) >= 11 is 0. The first-order valence-electron chi connectivity index (χ1n) is 8.72. The molecule has 5 nitrogen and oxygen atoms in total. The second-order valence-electron chi connectivity index (χ2n) is 7.86. The van der Waals surface area contributed by atoms with Crippen LogP contribution >= 0.6 is 0 Å². The summed E-state index contributed by atoms with van der Waals surface area (Å²) in [6, 6.07) is 7.91. The van der Waals surface area contributed by atoms with Gasteiger partial charge in [-0.3, -0.25) is 0 Å². The molecule has 3 N–H and O–H groups in total. The van der Waals surface area contributed by atoms with Crippen molar-refractivity contribution >= 4 is 6.03 Å². The monoisotopic (exact) mass is 333 g/mol. The molecule has 1 aromatic carbocycles. The zero-order chi connectivity index (χ0) is 18.0. The van der Waals surface area contributed by atoms with E-state index in [1.165, 1.54) is 0 Å². The highest BCUT2D eigenvalue weighted by Gasteiger charge is 2.46. The minimum absolute atomic E-state index is 0.106. The van der Waals surface area contributed by atoms with Gasteiger partial charge in [0.1, 0.15) is 5.75 Å². The molecule has 24 heavy (non-hydrogen) atoms. The van der Waals surface area contributed by atoms with Crippen LogP contribution in [0.3, 0.4) is 0 Å². The average Bonchev–Trinajstić information content (AvgIpc) is 2.44. The molecule has 1 aromatic rings. The largest absolute Gasteiger partial charge is 0.473 e. The lowest BCUT2D eigenvalue weighted by atomic mass is 9.77. The predicted octanol–water partition coefficient (Wildman–Crippen LogP) is 3.28. The second-order valence-corrected chi connectivity index (χ2v) is 7.86. The van der Waals surface area contributed by atoms with Gasteiger partial charge >= 0.3 is 6.03 Å². The standard InChI is InChI=1S/C19H31N3O2/c1-6-14-9-7-8-10-16(14)24-13-21-17(23)22-18(2,3)11-15(20)12-19(22,4)5/h7-10,15H,6,11-13,20H2,1-5H3,(H,21,23). The Bertz CT molecular complexity index is 566. The van der Waals surface area contributed by atoms with Gasteiger partial charge in [-0.1, -0.05) is 25.1 Å². The van der Waals surface area contributed by atoms with Crippen LogP contribution < -0.4 is 15.8 Å². The van der Waals surface area contributed by atoms with Gasteiger partial charge in [0.25, 0.3) is 0 Å². The van der Waals surface area contributed by atoms with Crippen LogP contribution in [0.4, 0.5) is 4.79 Å². The molecule has 1 saturated heterocycles. The van der Waals surface area contributed by atoms with E-state index in [0.29, 0.717) is 0 Å². The van der Waals surface area contributed by atoms with Crippen LogP contribution in [-0.4, -0.2) is 34.8 Å². The highest BCUT2D eigenvalue weighted by molar-refractivity contribution is 5.76. The molecule has 0 aromatic heterocycles. The van der Waals surface area contributed by atoms with Crippen molar-refractivity contribution in [2.75, 3.05) is 6.73 Å². The maximum Gasteiger partial charge on any atom is 0.320 e. The molecule has 134 valence electrons. The number of hydrogen-bond donors (Lipinski definition) is 2. The second kappa shape index (κ2) is 7.01. The van der Waals surface area contributed by atoms with E-state index in [0.717, 1.165) is 30.6 Å². The quantitative estimate of drug-likeness (QED) is 0.831. The number of rotatable bonds is 4. The Hall–Kier alpha value is -1.75. The molecule has 0 spiro atoms. The minimum Gasteiger partial charge on any atom is -0.473 e. The Balaban J connectivity index is 2.01. The van der Waals surface area contributed by atoms with Crippen molar-refractivity contribution in [2.24, 2.45) is 5.73 Å². The number of likely N-dealkylation sites (tertiary alicyclic amines) is 1. The summed E-state index contributed by atoms with van der Waals surface area (Å²) < 4.78 is 5.76. The highest BCUT2D eigenvalue weighted by Crippen LogP contribution is 2.37. The fourth-order valence-corrected chi connectivity index (χ4v) is 4.10. The molecule has 1 heterocycles. The lowest BCUT2D eigenvalue weighted by molar-refractivity contribution is 0.00143. The molecule has 1 aliphatic rings. The fraction of sp³-hybridized carbons (Fsp3) is 0.632. The summed E-state index contributed by atoms with van der Waals surface area (Å²) in [5.41, 5.74) is 6.74. The number of carbonyl (C=O) groups excluding carboxylic acids is 1. The van der Waals surface area contributed by atoms with Crippen LogP contribution in [0.1, 0.15) is 53.0 Å². The number of carbonyl (C=O) groups is 1. The summed E-state index contributed by atoms with van der Waals surface area (Å²) in [4.78, 5) is 14.7. The molecule has 0 saturated carbocycles. The third-order valence-corrected chi connectivity index (χ3v) is 4.74. The molecule has 0 atom stereocenters. The number of nitrogens with two attached hydrogens (primary N) is 1. The van der Waals surface area contributed by atoms with Crippen molar-refractivity contribution in [1.82, 2.24) is 10.2 Å². The van der Waals surface area contributed by atoms with Gasteiger partial charge in [-0.25, -0.2) is 4.79 Å². The molecular weight excluding hydrogens is 302 g/mol. The number of hydrogen-bond acceptors (Lipinski definition) is 3. The van der Waals surface area contributed by atoms with Crippen LogP contribution in [0.2, 0.25) is 0 Å². The van der Waals surface area contributed by atoms with Crippen molar-refractivity contribution in [3.63, 3.8) is 0 Å². The predicted molar refractivity (Wildman–Crippen MR) is 97.1 cm³/mol. The lowest BCUT2D eigenvalue weighted by Crippen LogP contribution is -2.67. The van der Waals surface area contributed by atoms with Crippen LogP contribution in [0.25, 0.3) is 0 Å². The van der Waals surface area contributed by atoms with Gasteiger partial charge in [-0.05, 0) is 58.6 Å². The first-order valence-corrected chi connectivity index (χ1v) is 8.72. The van der Waals surface area contributed by atoms with Gasteiger partial charge in [0, 0.05) is 17.1 Å². The van der Waals surface area contributed by atoms with Crippen LogP contribution in [0.5, 0.6) is 5.75 Å². The van der Waals surface area contributed by atoms with E-state index in [9.17, 15) is 4.79 Å². The number of amides is 2. The summed E-state index contributed by atoms with van der Waals surface area (Å²) in [6.45, 7) is 10.5. The molecule has 1 fully saturated rings. The number of aryl methyl sites for hydroxylation is 1. The summed E-state index contributed by atoms with van der Waals surface area (Å²) in [5.74, 6) is 0.819. The first-order chi connectivity index (χ1) is 11.2. The number of piperidine rings is 1. The van der Waals surface area contributed by atoms with E-state index in [-0.39, 0.29) is 29.9 Å². The van der Waals surface area contributed by atoms with Gasteiger partial charge < -0.3 is 20.7 Å². The van der Waals surface area contributed by atoms with E-state index in [1.54, 1.807) is 0 Å². The Morgan fingerprint density at radius 3 is 2.42 bits per heavy atom. The number of para-hydroxylation sites is 1. The van der Waals surface area contributed by atoms with Gasteiger partial charge in [0.05, 0.1) is 0 Å². The third kappa shape index (κ3) is 4.01. The van der Waals surface area contributed by atoms with Gasteiger partial charge in [-0.2, -0.15) is 0 Å². The third-order valence-electron chi connectivity index (χ3n) is 4.74. The number of benzene rings is 1. The fourth-order valence-electron chi connectivity index (χ4n) is 4.10. The maximum absolute atomic E-state index is 12.8. The van der Waals surface area contributed by atoms with Crippen molar-refractivity contribution in [3.05, 3.63) is 29.8 Å². The zero-order valence-electron chi connectivity index (χ0n) is 15.6. The van der Waals surface area contributed by atoms with E-state index in [4.69, 9.17) is 10.5 Å². The highest BCUT2D eigenvalue weighted by atomic mass is 16.5. The van der Waals surface area contributed by atoms with Crippen molar-refractivity contribution in [2.45, 2.75) is 71.0 Å². The number of ether oxygens (including phenoxy) is 1. The van der Waals surface area contributed by atoms with E-state index in [2.05, 4.69) is 39.9 Å². The molecule has 1 aliphatic heterocycles. The SMILES string of the molecule is CCc1ccccc1OCNC(=O)N1C(C)(C)CC(N)CC1(C)C. The molecule has 5 heteroatoms. The number of nitrogens with zero attached hydrogens (tertiary/aromatic N) is 1. The maximum atomic E-state index is 12.8. The molecule has 0 radical (unpaired) electrons. The summed E-state index contributed by atoms with van der Waals surface area (Å²) in [7, 11) is 0. The van der Waals surface area contributed by atoms with Gasteiger partial charge in [0.2, 0.25) is 0 Å². The molecule has 0 bridgehead atoms. The van der Waals surface area contributed by atoms with Gasteiger partial charge in [0.15, 0.2) is 6.73 Å². The van der Waals surface area contributed by atoms with Crippen molar-refractivity contribution in [3.8, 4) is 5.75 Å². The summed E-state index contributed by atoms with van der Waals surface area (Å²) in [6.07, 6.45) is 2.49. The number of urea groups is 1. The molecule has 0 unspecified atom stereocenters. The Labute approximate surface area is 145 Å². The Morgan fingerprint density at radius 1 is 1.25 bits per heavy atom. The molecule has 2 amide bonds. The van der Waals surface area contributed by atoms with Gasteiger partial charge in [-0.15, -0.1) is 0 Å². The van der Waals surface area contributed by atoms with Crippen molar-refractivity contribution in [1.29, 1.82) is 0 Å². The zero-order valence-corrected chi connectivity index (χ0v) is 15.6. The molecular formula is C19H31N3O2. The van der Waals surface area contributed by atoms with Crippen LogP contribution in [-0.2, 0) is 6.42 Å². The Morgan fingerprint density at radius 2 is 1.83 bits per heavy atom. The average molecular weight is 333 g/mol. The van der Waals surface area contributed by atoms with E-state index < -0.39 is 0 Å². The van der Waals surface area contributed by atoms with Crippen molar-refractivity contribution < 1.29 is 9.53 Å². The normalized spacial score (nSPS) is 19.8. The smallest absolute Gasteiger partial charge is 0.320 e. The topological polar surface area (TPSA) is 67.6 Å².